The molecule has 8 N–H and O–H groups in total. The molecule has 2 rings (SSSR count). The standard InChI is InChI=1S/C20H38FN3O6/c1-11(25)15(19-18(28)17(27)16(26)14(10-22)30-19)24-20(29)13-6-5-12(7-9-23-13)4-2-3-8-21/h11-19,23,25-28H,2-10,22H2,1H3,(H,24,29)/t11-,12+,13+,14?,15-,16+,17?,18+,19-/m1/s1. The van der Waals surface area contributed by atoms with Crippen LogP contribution < -0.4 is 16.4 Å². The highest BCUT2D eigenvalue weighted by Gasteiger charge is 2.47. The van der Waals surface area contributed by atoms with Crippen LogP contribution in [-0.2, 0) is 9.53 Å². The number of nitrogens with one attached hydrogen (secondary N) is 2. The second-order valence-corrected chi connectivity index (χ2v) is 8.55. The lowest BCUT2D eigenvalue weighted by atomic mass is 9.89. The van der Waals surface area contributed by atoms with Gasteiger partial charge in [-0.1, -0.05) is 12.8 Å². The van der Waals surface area contributed by atoms with Crippen LogP contribution in [0.4, 0.5) is 4.39 Å². The lowest BCUT2D eigenvalue weighted by Gasteiger charge is -2.44. The zero-order valence-electron chi connectivity index (χ0n) is 17.6. The van der Waals surface area contributed by atoms with Gasteiger partial charge in [0.1, 0.15) is 24.4 Å². The Hall–Kier alpha value is -0.880. The van der Waals surface area contributed by atoms with Gasteiger partial charge in [-0.05, 0) is 45.1 Å². The molecule has 0 spiro atoms. The van der Waals surface area contributed by atoms with E-state index >= 15 is 0 Å². The SMILES string of the molecule is C[C@@H](O)[C@@H](NC(=O)[C@@H]1CC[C@H](CCCCF)CCN1)[C@H]1OC(CN)[C@H](O)C(O)[C@@H]1O. The van der Waals surface area contributed by atoms with Gasteiger partial charge in [0.05, 0.1) is 31.0 Å². The van der Waals surface area contributed by atoms with Crippen molar-refractivity contribution in [2.75, 3.05) is 19.8 Å². The number of alkyl halides is 1. The molecule has 2 saturated heterocycles. The van der Waals surface area contributed by atoms with Crippen LogP contribution in [0.2, 0.25) is 0 Å². The van der Waals surface area contributed by atoms with Crippen molar-refractivity contribution in [1.29, 1.82) is 0 Å². The molecule has 0 saturated carbocycles. The van der Waals surface area contributed by atoms with E-state index in [0.717, 1.165) is 25.7 Å². The molecule has 1 amide bonds. The highest BCUT2D eigenvalue weighted by Crippen LogP contribution is 2.25. The number of amides is 1. The van der Waals surface area contributed by atoms with E-state index in [1.807, 2.05) is 0 Å². The van der Waals surface area contributed by atoms with Gasteiger partial charge in [0.2, 0.25) is 5.91 Å². The minimum absolute atomic E-state index is 0.0874. The number of rotatable bonds is 9. The van der Waals surface area contributed by atoms with Crippen molar-refractivity contribution in [2.24, 2.45) is 11.7 Å². The number of hydrogen-bond donors (Lipinski definition) is 7. The maximum absolute atomic E-state index is 12.9. The molecule has 0 aromatic carbocycles. The summed E-state index contributed by atoms with van der Waals surface area (Å²) in [6.07, 6.45) is -2.75. The number of carbonyl (C=O) groups excluding carboxylic acids is 1. The highest BCUT2D eigenvalue weighted by atomic mass is 19.1. The summed E-state index contributed by atoms with van der Waals surface area (Å²) >= 11 is 0. The maximum Gasteiger partial charge on any atom is 0.237 e. The molecule has 30 heavy (non-hydrogen) atoms. The predicted octanol–water partition coefficient (Wildman–Crippen LogP) is -1.44. The van der Waals surface area contributed by atoms with E-state index in [9.17, 15) is 29.6 Å². The Morgan fingerprint density at radius 3 is 2.57 bits per heavy atom. The van der Waals surface area contributed by atoms with Crippen molar-refractivity contribution in [1.82, 2.24) is 10.6 Å². The Bertz CT molecular complexity index is 527. The molecule has 2 heterocycles. The molecule has 2 aliphatic heterocycles. The van der Waals surface area contributed by atoms with Crippen LogP contribution in [0.25, 0.3) is 0 Å². The van der Waals surface area contributed by atoms with E-state index in [0.29, 0.717) is 25.3 Å². The molecule has 0 aromatic heterocycles. The van der Waals surface area contributed by atoms with Gasteiger partial charge in [0.15, 0.2) is 0 Å². The van der Waals surface area contributed by atoms with Crippen LogP contribution in [0.15, 0.2) is 0 Å². The largest absolute Gasteiger partial charge is 0.391 e. The first kappa shape index (κ1) is 25.4. The van der Waals surface area contributed by atoms with Gasteiger partial charge < -0.3 is 41.5 Å². The molecular formula is C20H38FN3O6. The van der Waals surface area contributed by atoms with E-state index in [4.69, 9.17) is 10.5 Å². The third-order valence-corrected chi connectivity index (χ3v) is 6.28. The molecule has 10 heteroatoms. The third-order valence-electron chi connectivity index (χ3n) is 6.28. The predicted molar refractivity (Wildman–Crippen MR) is 108 cm³/mol. The Morgan fingerprint density at radius 1 is 1.20 bits per heavy atom. The zero-order valence-corrected chi connectivity index (χ0v) is 17.6. The van der Waals surface area contributed by atoms with Crippen LogP contribution in [-0.4, -0.2) is 94.8 Å². The number of aliphatic hydroxyl groups is 4. The lowest BCUT2D eigenvalue weighted by Crippen LogP contribution is -2.67. The third kappa shape index (κ3) is 6.56. The van der Waals surface area contributed by atoms with Gasteiger partial charge in [0.25, 0.3) is 0 Å². The summed E-state index contributed by atoms with van der Waals surface area (Å²) in [5, 5.41) is 46.6. The van der Waals surface area contributed by atoms with Crippen LogP contribution in [0.1, 0.15) is 45.4 Å². The van der Waals surface area contributed by atoms with E-state index in [1.165, 1.54) is 6.92 Å². The molecule has 2 unspecified atom stereocenters. The number of hydrogen-bond acceptors (Lipinski definition) is 8. The van der Waals surface area contributed by atoms with Gasteiger partial charge in [0, 0.05) is 6.54 Å². The average Bonchev–Trinajstić information content (AvgIpc) is 2.97. The zero-order chi connectivity index (χ0) is 22.3. The molecule has 2 aliphatic rings. The van der Waals surface area contributed by atoms with Crippen molar-refractivity contribution in [3.8, 4) is 0 Å². The fraction of sp³-hybridized carbons (Fsp3) is 0.950. The first-order valence-electron chi connectivity index (χ1n) is 11.0. The Kier molecular flexibility index (Phi) is 10.3. The normalized spacial score (nSPS) is 37.2. The van der Waals surface area contributed by atoms with Gasteiger partial charge in [-0.3, -0.25) is 9.18 Å². The van der Waals surface area contributed by atoms with Gasteiger partial charge in [-0.25, -0.2) is 0 Å². The average molecular weight is 436 g/mol. The van der Waals surface area contributed by atoms with E-state index in [1.54, 1.807) is 0 Å². The molecule has 0 aromatic rings. The van der Waals surface area contributed by atoms with Gasteiger partial charge in [-0.2, -0.15) is 0 Å². The maximum atomic E-state index is 12.9. The molecule has 2 fully saturated rings. The molecule has 0 aliphatic carbocycles. The highest BCUT2D eigenvalue weighted by molar-refractivity contribution is 5.82. The molecule has 9 nitrogen and oxygen atoms in total. The molecule has 176 valence electrons. The fourth-order valence-electron chi connectivity index (χ4n) is 4.36. The Labute approximate surface area is 177 Å². The van der Waals surface area contributed by atoms with E-state index in [-0.39, 0.29) is 19.1 Å². The van der Waals surface area contributed by atoms with Crippen LogP contribution in [0.3, 0.4) is 0 Å². The Balaban J connectivity index is 1.98. The van der Waals surface area contributed by atoms with Crippen LogP contribution in [0, 0.1) is 5.92 Å². The second-order valence-electron chi connectivity index (χ2n) is 8.55. The molecular weight excluding hydrogens is 397 g/mol. The van der Waals surface area contributed by atoms with Gasteiger partial charge >= 0.3 is 0 Å². The fourth-order valence-corrected chi connectivity index (χ4v) is 4.36. The smallest absolute Gasteiger partial charge is 0.237 e. The minimum Gasteiger partial charge on any atom is -0.391 e. The summed E-state index contributed by atoms with van der Waals surface area (Å²) in [5.41, 5.74) is 5.57. The van der Waals surface area contributed by atoms with Crippen LogP contribution >= 0.6 is 0 Å². The molecule has 9 atom stereocenters. The quantitative estimate of drug-likeness (QED) is 0.217. The van der Waals surface area contributed by atoms with Crippen molar-refractivity contribution in [3.05, 3.63) is 0 Å². The number of aliphatic hydroxyl groups excluding tert-OH is 4. The first-order chi connectivity index (χ1) is 14.3. The van der Waals surface area contributed by atoms with Crippen molar-refractivity contribution in [2.45, 2.75) is 94.2 Å². The Morgan fingerprint density at radius 2 is 1.93 bits per heavy atom. The number of unbranched alkanes of at least 4 members (excludes halogenated alkanes) is 1. The van der Waals surface area contributed by atoms with E-state index in [2.05, 4.69) is 10.6 Å². The van der Waals surface area contributed by atoms with Crippen molar-refractivity contribution in [3.63, 3.8) is 0 Å². The summed E-state index contributed by atoms with van der Waals surface area (Å²) in [7, 11) is 0. The minimum atomic E-state index is -1.50. The first-order valence-corrected chi connectivity index (χ1v) is 11.0. The number of ether oxygens (including phenoxy) is 1. The number of halogens is 1. The summed E-state index contributed by atoms with van der Waals surface area (Å²) in [6.45, 7) is 1.73. The monoisotopic (exact) mass is 435 g/mol. The molecule has 0 radical (unpaired) electrons. The molecule has 0 bridgehead atoms. The number of nitrogens with two attached hydrogens (primary N) is 1. The van der Waals surface area contributed by atoms with Crippen molar-refractivity contribution < 1.29 is 34.3 Å². The van der Waals surface area contributed by atoms with E-state index < -0.39 is 48.7 Å². The second kappa shape index (κ2) is 12.2. The van der Waals surface area contributed by atoms with Crippen LogP contribution in [0.5, 0.6) is 0 Å². The number of carbonyl (C=O) groups is 1. The topological polar surface area (TPSA) is 157 Å². The van der Waals surface area contributed by atoms with Crippen molar-refractivity contribution >= 4 is 5.91 Å². The lowest BCUT2D eigenvalue weighted by molar-refractivity contribution is -0.230. The summed E-state index contributed by atoms with van der Waals surface area (Å²) in [4.78, 5) is 12.9. The summed E-state index contributed by atoms with van der Waals surface area (Å²) in [5.74, 6) is 0.117. The summed E-state index contributed by atoms with van der Waals surface area (Å²) < 4.78 is 17.9. The summed E-state index contributed by atoms with van der Waals surface area (Å²) in [6, 6.07) is -1.45. The van der Waals surface area contributed by atoms with Gasteiger partial charge in [-0.15, -0.1) is 0 Å².